The van der Waals surface area contributed by atoms with E-state index in [0.29, 0.717) is 0 Å². The number of piperazine rings is 1. The average Bonchev–Trinajstić information content (AvgIpc) is 2.25. The number of nitrogens with zero attached hydrogens (tertiary/aromatic N) is 2. The SMILES string of the molecule is CC(C)CCCCN1CCN(CC(C)C)CC1. The van der Waals surface area contributed by atoms with E-state index in [4.69, 9.17) is 0 Å². The van der Waals surface area contributed by atoms with Gasteiger partial charge in [0.2, 0.25) is 0 Å². The molecule has 0 aromatic carbocycles. The summed E-state index contributed by atoms with van der Waals surface area (Å²) in [6.45, 7) is 17.0. The zero-order chi connectivity index (χ0) is 12.7. The second-order valence-corrected chi connectivity index (χ2v) is 6.43. The molecule has 0 saturated carbocycles. The van der Waals surface area contributed by atoms with Crippen LogP contribution in [0.3, 0.4) is 0 Å². The van der Waals surface area contributed by atoms with Gasteiger partial charge >= 0.3 is 0 Å². The van der Waals surface area contributed by atoms with Gasteiger partial charge < -0.3 is 9.80 Å². The first kappa shape index (κ1) is 15.0. The highest BCUT2D eigenvalue weighted by atomic mass is 15.3. The van der Waals surface area contributed by atoms with E-state index in [2.05, 4.69) is 37.5 Å². The van der Waals surface area contributed by atoms with E-state index < -0.39 is 0 Å². The fourth-order valence-electron chi connectivity index (χ4n) is 2.60. The van der Waals surface area contributed by atoms with Gasteiger partial charge in [-0.3, -0.25) is 0 Å². The minimum absolute atomic E-state index is 0.813. The Hall–Kier alpha value is -0.0800. The van der Waals surface area contributed by atoms with Crippen molar-refractivity contribution in [3.8, 4) is 0 Å². The average molecular weight is 240 g/mol. The van der Waals surface area contributed by atoms with Gasteiger partial charge in [-0.15, -0.1) is 0 Å². The molecule has 2 heteroatoms. The molecule has 0 unspecified atom stereocenters. The van der Waals surface area contributed by atoms with Crippen molar-refractivity contribution in [3.63, 3.8) is 0 Å². The molecule has 0 amide bonds. The molecule has 17 heavy (non-hydrogen) atoms. The highest BCUT2D eigenvalue weighted by Gasteiger charge is 2.16. The van der Waals surface area contributed by atoms with Crippen LogP contribution in [-0.4, -0.2) is 49.1 Å². The van der Waals surface area contributed by atoms with Crippen LogP contribution in [0.1, 0.15) is 47.0 Å². The van der Waals surface area contributed by atoms with Crippen LogP contribution in [-0.2, 0) is 0 Å². The largest absolute Gasteiger partial charge is 0.301 e. The van der Waals surface area contributed by atoms with Crippen LogP contribution in [0, 0.1) is 11.8 Å². The van der Waals surface area contributed by atoms with Crippen LogP contribution in [0.15, 0.2) is 0 Å². The van der Waals surface area contributed by atoms with Gasteiger partial charge in [-0.25, -0.2) is 0 Å². The van der Waals surface area contributed by atoms with Crippen LogP contribution >= 0.6 is 0 Å². The monoisotopic (exact) mass is 240 g/mol. The number of unbranched alkanes of at least 4 members (excludes halogenated alkanes) is 1. The summed E-state index contributed by atoms with van der Waals surface area (Å²) in [6, 6.07) is 0. The lowest BCUT2D eigenvalue weighted by Crippen LogP contribution is -2.47. The van der Waals surface area contributed by atoms with Crippen molar-refractivity contribution < 1.29 is 0 Å². The highest BCUT2D eigenvalue weighted by molar-refractivity contribution is 4.72. The molecular weight excluding hydrogens is 208 g/mol. The molecule has 0 spiro atoms. The maximum atomic E-state index is 2.65. The first-order valence-corrected chi connectivity index (χ1v) is 7.52. The minimum atomic E-state index is 0.813. The zero-order valence-electron chi connectivity index (χ0n) is 12.4. The van der Waals surface area contributed by atoms with Crippen LogP contribution in [0.25, 0.3) is 0 Å². The molecule has 1 rings (SSSR count). The van der Waals surface area contributed by atoms with Crippen molar-refractivity contribution in [2.24, 2.45) is 11.8 Å². The Bertz CT molecular complexity index is 179. The van der Waals surface area contributed by atoms with Crippen molar-refractivity contribution in [2.45, 2.75) is 47.0 Å². The molecule has 0 N–H and O–H groups in total. The molecule has 0 bridgehead atoms. The second kappa shape index (κ2) is 8.10. The third-order valence-electron chi connectivity index (χ3n) is 3.59. The van der Waals surface area contributed by atoms with Gasteiger partial charge in [0.25, 0.3) is 0 Å². The molecule has 1 saturated heterocycles. The summed E-state index contributed by atoms with van der Waals surface area (Å²) in [5.74, 6) is 1.69. The van der Waals surface area contributed by atoms with E-state index in [1.54, 1.807) is 0 Å². The van der Waals surface area contributed by atoms with Crippen molar-refractivity contribution >= 4 is 0 Å². The van der Waals surface area contributed by atoms with E-state index in [9.17, 15) is 0 Å². The molecule has 1 aliphatic heterocycles. The molecule has 0 atom stereocenters. The number of rotatable bonds is 7. The molecule has 1 fully saturated rings. The summed E-state index contributed by atoms with van der Waals surface area (Å²) in [4.78, 5) is 5.27. The van der Waals surface area contributed by atoms with Gasteiger partial charge in [-0.05, 0) is 24.8 Å². The van der Waals surface area contributed by atoms with Crippen LogP contribution < -0.4 is 0 Å². The number of hydrogen-bond acceptors (Lipinski definition) is 2. The Balaban J connectivity index is 2.03. The van der Waals surface area contributed by atoms with Crippen molar-refractivity contribution in [1.29, 1.82) is 0 Å². The minimum Gasteiger partial charge on any atom is -0.301 e. The van der Waals surface area contributed by atoms with E-state index in [0.717, 1.165) is 11.8 Å². The quantitative estimate of drug-likeness (QED) is 0.631. The molecule has 0 radical (unpaired) electrons. The fourth-order valence-corrected chi connectivity index (χ4v) is 2.60. The Morgan fingerprint density at radius 2 is 1.35 bits per heavy atom. The highest BCUT2D eigenvalue weighted by Crippen LogP contribution is 2.09. The second-order valence-electron chi connectivity index (χ2n) is 6.43. The molecule has 1 heterocycles. The van der Waals surface area contributed by atoms with E-state index in [-0.39, 0.29) is 0 Å². The van der Waals surface area contributed by atoms with Gasteiger partial charge in [0.15, 0.2) is 0 Å². The summed E-state index contributed by atoms with van der Waals surface area (Å²) < 4.78 is 0. The predicted octanol–water partition coefficient (Wildman–Crippen LogP) is 3.09. The van der Waals surface area contributed by atoms with Gasteiger partial charge in [-0.2, -0.15) is 0 Å². The third-order valence-corrected chi connectivity index (χ3v) is 3.59. The van der Waals surface area contributed by atoms with E-state index >= 15 is 0 Å². The Morgan fingerprint density at radius 1 is 0.765 bits per heavy atom. The van der Waals surface area contributed by atoms with Crippen LogP contribution in [0.2, 0.25) is 0 Å². The summed E-state index contributed by atoms with van der Waals surface area (Å²) in [6.07, 6.45) is 4.19. The van der Waals surface area contributed by atoms with Gasteiger partial charge in [0, 0.05) is 32.7 Å². The first-order chi connectivity index (χ1) is 8.08. The maximum Gasteiger partial charge on any atom is 0.0110 e. The summed E-state index contributed by atoms with van der Waals surface area (Å²) in [7, 11) is 0. The standard InChI is InChI=1S/C15H32N2/c1-14(2)7-5-6-8-16-9-11-17(12-10-16)13-15(3)4/h14-15H,5-13H2,1-4H3. The van der Waals surface area contributed by atoms with Crippen LogP contribution in [0.5, 0.6) is 0 Å². The van der Waals surface area contributed by atoms with Gasteiger partial charge in [0.1, 0.15) is 0 Å². The maximum absolute atomic E-state index is 2.65. The topological polar surface area (TPSA) is 6.48 Å². The summed E-state index contributed by atoms with van der Waals surface area (Å²) in [5, 5.41) is 0. The lowest BCUT2D eigenvalue weighted by molar-refractivity contribution is 0.120. The number of hydrogen-bond donors (Lipinski definition) is 0. The van der Waals surface area contributed by atoms with E-state index in [1.807, 2.05) is 0 Å². The lowest BCUT2D eigenvalue weighted by Gasteiger charge is -2.35. The Labute approximate surface area is 108 Å². The molecule has 0 aromatic rings. The first-order valence-electron chi connectivity index (χ1n) is 7.52. The van der Waals surface area contributed by atoms with Gasteiger partial charge in [0.05, 0.1) is 0 Å². The summed E-state index contributed by atoms with van der Waals surface area (Å²) in [5.41, 5.74) is 0. The zero-order valence-corrected chi connectivity index (χ0v) is 12.4. The molecule has 2 nitrogen and oxygen atoms in total. The Morgan fingerprint density at radius 3 is 1.88 bits per heavy atom. The molecular formula is C15H32N2. The smallest absolute Gasteiger partial charge is 0.0110 e. The molecule has 0 aromatic heterocycles. The molecule has 1 aliphatic rings. The lowest BCUT2D eigenvalue weighted by atomic mass is 10.1. The van der Waals surface area contributed by atoms with Crippen molar-refractivity contribution in [1.82, 2.24) is 9.80 Å². The molecule has 102 valence electrons. The van der Waals surface area contributed by atoms with Crippen LogP contribution in [0.4, 0.5) is 0 Å². The third kappa shape index (κ3) is 7.05. The van der Waals surface area contributed by atoms with Crippen molar-refractivity contribution in [2.75, 3.05) is 39.3 Å². The predicted molar refractivity (Wildman–Crippen MR) is 76.4 cm³/mol. The van der Waals surface area contributed by atoms with Crippen molar-refractivity contribution in [3.05, 3.63) is 0 Å². The van der Waals surface area contributed by atoms with E-state index in [1.165, 1.54) is 58.5 Å². The summed E-state index contributed by atoms with van der Waals surface area (Å²) >= 11 is 0. The molecule has 0 aliphatic carbocycles. The van der Waals surface area contributed by atoms with Gasteiger partial charge in [-0.1, -0.05) is 40.5 Å². The normalized spacial score (nSPS) is 19.4. The fraction of sp³-hybridized carbons (Fsp3) is 1.00. The Kier molecular flexibility index (Phi) is 7.14.